The van der Waals surface area contributed by atoms with Crippen molar-refractivity contribution in [3.8, 4) is 0 Å². The fraction of sp³-hybridized carbons (Fsp3) is 0.632. The predicted octanol–water partition coefficient (Wildman–Crippen LogP) is 2.04. The van der Waals surface area contributed by atoms with Crippen molar-refractivity contribution in [2.24, 2.45) is 5.73 Å². The Morgan fingerprint density at radius 1 is 1.12 bits per heavy atom. The number of rotatable bonds is 10. The van der Waals surface area contributed by atoms with Crippen LogP contribution in [0.15, 0.2) is 24.3 Å². The lowest BCUT2D eigenvalue weighted by Crippen LogP contribution is -2.35. The second-order valence-corrected chi connectivity index (χ2v) is 6.44. The highest BCUT2D eigenvalue weighted by atomic mass is 16.5. The van der Waals surface area contributed by atoms with E-state index in [1.165, 1.54) is 5.56 Å². The van der Waals surface area contributed by atoms with Crippen LogP contribution in [-0.4, -0.2) is 43.7 Å². The lowest BCUT2D eigenvalue weighted by molar-refractivity contribution is -0.121. The third-order valence-corrected chi connectivity index (χ3v) is 4.35. The fourth-order valence-electron chi connectivity index (χ4n) is 2.93. The number of carbonyl (C=O) groups is 1. The molecule has 0 unspecified atom stereocenters. The molecule has 5 nitrogen and oxygen atoms in total. The number of unbranched alkanes of at least 4 members (excludes halogenated alkanes) is 3. The average molecular weight is 333 g/mol. The molecule has 0 saturated carbocycles. The number of hydrogen-bond donors (Lipinski definition) is 2. The Labute approximate surface area is 145 Å². The summed E-state index contributed by atoms with van der Waals surface area (Å²) in [5, 5.41) is 3.02. The number of nitrogens with one attached hydrogen (secondary N) is 1. The molecule has 0 aromatic heterocycles. The van der Waals surface area contributed by atoms with Crippen LogP contribution >= 0.6 is 0 Å². The van der Waals surface area contributed by atoms with E-state index in [4.69, 9.17) is 10.5 Å². The van der Waals surface area contributed by atoms with Crippen molar-refractivity contribution in [2.75, 3.05) is 32.8 Å². The van der Waals surface area contributed by atoms with Gasteiger partial charge in [-0.2, -0.15) is 0 Å². The molecule has 24 heavy (non-hydrogen) atoms. The van der Waals surface area contributed by atoms with Gasteiger partial charge in [0, 0.05) is 32.6 Å². The van der Waals surface area contributed by atoms with Crippen molar-refractivity contribution in [1.82, 2.24) is 10.2 Å². The Hall–Kier alpha value is -1.43. The summed E-state index contributed by atoms with van der Waals surface area (Å²) in [5.41, 5.74) is 7.93. The van der Waals surface area contributed by atoms with Crippen LogP contribution in [0.4, 0.5) is 0 Å². The summed E-state index contributed by atoms with van der Waals surface area (Å²) >= 11 is 0. The standard InChI is InChI=1S/C19H31N3O2/c20-9-4-2-1-3-8-19(23)21-15-17-6-5-7-18(14-17)16-22-10-12-24-13-11-22/h5-7,14H,1-4,8-13,15-16,20H2,(H,21,23). The summed E-state index contributed by atoms with van der Waals surface area (Å²) in [7, 11) is 0. The van der Waals surface area contributed by atoms with Crippen molar-refractivity contribution >= 4 is 5.91 Å². The zero-order valence-corrected chi connectivity index (χ0v) is 14.6. The molecule has 1 amide bonds. The van der Waals surface area contributed by atoms with Crippen LogP contribution in [0.5, 0.6) is 0 Å². The molecule has 5 heteroatoms. The van der Waals surface area contributed by atoms with Crippen LogP contribution in [0.3, 0.4) is 0 Å². The van der Waals surface area contributed by atoms with E-state index in [2.05, 4.69) is 34.5 Å². The average Bonchev–Trinajstić information content (AvgIpc) is 2.61. The van der Waals surface area contributed by atoms with E-state index in [1.807, 2.05) is 0 Å². The van der Waals surface area contributed by atoms with Crippen LogP contribution in [0.25, 0.3) is 0 Å². The summed E-state index contributed by atoms with van der Waals surface area (Å²) in [5.74, 6) is 0.140. The first kappa shape index (κ1) is 18.9. The molecular weight excluding hydrogens is 302 g/mol. The monoisotopic (exact) mass is 333 g/mol. The van der Waals surface area contributed by atoms with Gasteiger partial charge in [0.1, 0.15) is 0 Å². The van der Waals surface area contributed by atoms with Gasteiger partial charge in [-0.3, -0.25) is 9.69 Å². The minimum absolute atomic E-state index is 0.140. The van der Waals surface area contributed by atoms with Gasteiger partial charge in [-0.05, 0) is 30.5 Å². The van der Waals surface area contributed by atoms with Gasteiger partial charge in [0.2, 0.25) is 5.91 Å². The highest BCUT2D eigenvalue weighted by Gasteiger charge is 2.10. The molecular formula is C19H31N3O2. The van der Waals surface area contributed by atoms with E-state index < -0.39 is 0 Å². The van der Waals surface area contributed by atoms with Gasteiger partial charge in [-0.15, -0.1) is 0 Å². The van der Waals surface area contributed by atoms with Gasteiger partial charge < -0.3 is 15.8 Å². The number of nitrogens with two attached hydrogens (primary N) is 1. The van der Waals surface area contributed by atoms with Crippen LogP contribution < -0.4 is 11.1 Å². The minimum atomic E-state index is 0.140. The summed E-state index contributed by atoms with van der Waals surface area (Å²) in [6.07, 6.45) is 4.81. The van der Waals surface area contributed by atoms with Gasteiger partial charge >= 0.3 is 0 Å². The van der Waals surface area contributed by atoms with Crippen LogP contribution in [0.1, 0.15) is 43.2 Å². The van der Waals surface area contributed by atoms with Crippen molar-refractivity contribution in [2.45, 2.75) is 45.2 Å². The van der Waals surface area contributed by atoms with Crippen LogP contribution in [-0.2, 0) is 22.6 Å². The minimum Gasteiger partial charge on any atom is -0.379 e. The molecule has 0 bridgehead atoms. The zero-order chi connectivity index (χ0) is 17.0. The molecule has 1 heterocycles. The molecule has 0 atom stereocenters. The molecule has 1 aromatic rings. The Balaban J connectivity index is 1.68. The normalized spacial score (nSPS) is 15.4. The Morgan fingerprint density at radius 2 is 1.88 bits per heavy atom. The molecule has 1 fully saturated rings. The van der Waals surface area contributed by atoms with E-state index in [9.17, 15) is 4.79 Å². The lowest BCUT2D eigenvalue weighted by Gasteiger charge is -2.26. The van der Waals surface area contributed by atoms with E-state index in [1.54, 1.807) is 0 Å². The molecule has 1 aromatic carbocycles. The van der Waals surface area contributed by atoms with Crippen molar-refractivity contribution in [3.05, 3.63) is 35.4 Å². The second-order valence-electron chi connectivity index (χ2n) is 6.44. The number of amides is 1. The summed E-state index contributed by atoms with van der Waals surface area (Å²) in [6.45, 7) is 5.93. The molecule has 0 radical (unpaired) electrons. The van der Waals surface area contributed by atoms with E-state index in [-0.39, 0.29) is 5.91 Å². The first-order valence-corrected chi connectivity index (χ1v) is 9.12. The molecule has 134 valence electrons. The molecule has 0 aliphatic carbocycles. The highest BCUT2D eigenvalue weighted by Crippen LogP contribution is 2.10. The third-order valence-electron chi connectivity index (χ3n) is 4.35. The first-order valence-electron chi connectivity index (χ1n) is 9.12. The first-order chi connectivity index (χ1) is 11.8. The second kappa shape index (κ2) is 11.2. The molecule has 2 rings (SSSR count). The van der Waals surface area contributed by atoms with Gasteiger partial charge in [0.15, 0.2) is 0 Å². The quantitative estimate of drug-likeness (QED) is 0.643. The number of nitrogens with zero attached hydrogens (tertiary/aromatic N) is 1. The number of ether oxygens (including phenoxy) is 1. The summed E-state index contributed by atoms with van der Waals surface area (Å²) < 4.78 is 5.38. The fourth-order valence-corrected chi connectivity index (χ4v) is 2.93. The molecule has 1 saturated heterocycles. The Kier molecular flexibility index (Phi) is 8.81. The van der Waals surface area contributed by atoms with Gasteiger partial charge in [0.25, 0.3) is 0 Å². The number of morpholine rings is 1. The molecule has 0 spiro atoms. The SMILES string of the molecule is NCCCCCCC(=O)NCc1cccc(CN2CCOCC2)c1. The lowest BCUT2D eigenvalue weighted by atomic mass is 10.1. The Morgan fingerprint density at radius 3 is 2.67 bits per heavy atom. The smallest absolute Gasteiger partial charge is 0.220 e. The van der Waals surface area contributed by atoms with Gasteiger partial charge in [-0.25, -0.2) is 0 Å². The number of hydrogen-bond acceptors (Lipinski definition) is 4. The number of carbonyl (C=O) groups excluding carboxylic acids is 1. The maximum Gasteiger partial charge on any atom is 0.220 e. The molecule has 3 N–H and O–H groups in total. The molecule has 1 aliphatic rings. The number of benzene rings is 1. The zero-order valence-electron chi connectivity index (χ0n) is 14.6. The van der Waals surface area contributed by atoms with Crippen molar-refractivity contribution in [1.29, 1.82) is 0 Å². The van der Waals surface area contributed by atoms with E-state index in [0.29, 0.717) is 13.0 Å². The maximum atomic E-state index is 11.9. The Bertz CT molecular complexity index is 487. The van der Waals surface area contributed by atoms with Crippen LogP contribution in [0, 0.1) is 0 Å². The topological polar surface area (TPSA) is 67.6 Å². The maximum absolute atomic E-state index is 11.9. The van der Waals surface area contributed by atoms with E-state index in [0.717, 1.165) is 70.6 Å². The molecule has 1 aliphatic heterocycles. The highest BCUT2D eigenvalue weighted by molar-refractivity contribution is 5.75. The van der Waals surface area contributed by atoms with Gasteiger partial charge in [-0.1, -0.05) is 37.1 Å². The summed E-state index contributed by atoms with van der Waals surface area (Å²) in [4.78, 5) is 14.3. The predicted molar refractivity (Wildman–Crippen MR) is 96.5 cm³/mol. The van der Waals surface area contributed by atoms with E-state index >= 15 is 0 Å². The van der Waals surface area contributed by atoms with Crippen LogP contribution in [0.2, 0.25) is 0 Å². The van der Waals surface area contributed by atoms with Gasteiger partial charge in [0.05, 0.1) is 13.2 Å². The largest absolute Gasteiger partial charge is 0.379 e. The van der Waals surface area contributed by atoms with Crippen molar-refractivity contribution in [3.63, 3.8) is 0 Å². The van der Waals surface area contributed by atoms with Crippen molar-refractivity contribution < 1.29 is 9.53 Å². The summed E-state index contributed by atoms with van der Waals surface area (Å²) in [6, 6.07) is 8.49. The third kappa shape index (κ3) is 7.43.